The first-order chi connectivity index (χ1) is 19.0. The Morgan fingerprint density at radius 2 is 1.26 bits per heavy atom. The van der Waals surface area contributed by atoms with Gasteiger partial charge in [-0.2, -0.15) is 11.8 Å². The van der Waals surface area contributed by atoms with E-state index in [0.29, 0.717) is 56.0 Å². The average Bonchev–Trinajstić information content (AvgIpc) is 2.92. The van der Waals surface area contributed by atoms with Crippen molar-refractivity contribution < 1.29 is 28.2 Å². The number of thioether (sulfide) groups is 9. The molecule has 0 bridgehead atoms. The summed E-state index contributed by atoms with van der Waals surface area (Å²) in [4.78, 5) is 31.7. The number of nitrogens with one attached hydrogen (secondary N) is 2. The normalized spacial score (nSPS) is 13.2. The Bertz CT molecular complexity index is 740. The second-order valence-corrected chi connectivity index (χ2v) is 19.2. The molecule has 2 atom stereocenters. The fraction of sp³-hybridized carbons (Fsp3) is 0.778. The lowest BCUT2D eigenvalue weighted by Gasteiger charge is -2.04. The number of aliphatic imine (C=N–C) groups is 2. The number of aliphatic hydroxyl groups is 2. The van der Waals surface area contributed by atoms with Gasteiger partial charge < -0.3 is 20.8 Å². The standard InChI is InChI=1S/C18H34N4O6S11/c23-11-32-13-34-15-37-18(26)22-8-30-5-19-9-38(27)4-3-29-1-2-36-17(25)21-7-31-6-20-10-39(28)16-35-14-33-12-24/h9-10,23-24H,1-8,11-16H2,(H,21,25)(H,22,26)/b19-9-,20-10-. The van der Waals surface area contributed by atoms with Crippen molar-refractivity contribution in [1.82, 2.24) is 10.6 Å². The van der Waals surface area contributed by atoms with Gasteiger partial charge in [-0.15, -0.1) is 70.6 Å². The van der Waals surface area contributed by atoms with E-state index in [1.165, 1.54) is 93.4 Å². The van der Waals surface area contributed by atoms with Gasteiger partial charge in [0.2, 0.25) is 0 Å². The van der Waals surface area contributed by atoms with E-state index in [2.05, 4.69) is 20.6 Å². The maximum Gasteiger partial charge on any atom is 0.280 e. The van der Waals surface area contributed by atoms with Gasteiger partial charge in [-0.25, -0.2) is 0 Å². The van der Waals surface area contributed by atoms with Crippen LogP contribution in [0.5, 0.6) is 0 Å². The van der Waals surface area contributed by atoms with E-state index in [-0.39, 0.29) is 22.4 Å². The number of hydrogen-bond donors (Lipinski definition) is 4. The Morgan fingerprint density at radius 1 is 0.667 bits per heavy atom. The van der Waals surface area contributed by atoms with Gasteiger partial charge in [0.05, 0.1) is 73.2 Å². The van der Waals surface area contributed by atoms with Gasteiger partial charge in [0.15, 0.2) is 0 Å². The number of rotatable bonds is 26. The van der Waals surface area contributed by atoms with Crippen molar-refractivity contribution in [2.75, 3.05) is 78.7 Å². The largest absolute Gasteiger partial charge is 0.386 e. The topological polar surface area (TPSA) is 158 Å². The van der Waals surface area contributed by atoms with E-state index in [1.807, 2.05) is 0 Å². The van der Waals surface area contributed by atoms with Crippen LogP contribution in [0.3, 0.4) is 0 Å². The summed E-state index contributed by atoms with van der Waals surface area (Å²) in [5, 5.41) is 25.2. The minimum atomic E-state index is -1.14. The molecule has 21 heteroatoms. The predicted octanol–water partition coefficient (Wildman–Crippen LogP) is 4.12. The third-order valence-corrected chi connectivity index (χ3v) is 14.5. The Kier molecular flexibility index (Phi) is 33.9. The van der Waals surface area contributed by atoms with Gasteiger partial charge in [-0.05, 0) is 0 Å². The molecule has 0 heterocycles. The van der Waals surface area contributed by atoms with E-state index in [4.69, 9.17) is 10.2 Å². The van der Waals surface area contributed by atoms with E-state index in [0.717, 1.165) is 10.8 Å². The summed E-state index contributed by atoms with van der Waals surface area (Å²) in [7, 11) is -2.27. The van der Waals surface area contributed by atoms with E-state index < -0.39 is 21.6 Å². The van der Waals surface area contributed by atoms with Crippen LogP contribution in [0, 0.1) is 0 Å². The van der Waals surface area contributed by atoms with Crippen molar-refractivity contribution in [2.45, 2.75) is 0 Å². The van der Waals surface area contributed by atoms with Crippen LogP contribution in [0.4, 0.5) is 9.59 Å². The first kappa shape index (κ1) is 40.6. The zero-order chi connectivity index (χ0) is 28.8. The van der Waals surface area contributed by atoms with E-state index in [9.17, 15) is 18.0 Å². The molecule has 228 valence electrons. The summed E-state index contributed by atoms with van der Waals surface area (Å²) in [6.45, 7) is 0. The Labute approximate surface area is 274 Å². The monoisotopic (exact) mass is 754 g/mol. The van der Waals surface area contributed by atoms with Crippen molar-refractivity contribution in [2.24, 2.45) is 9.98 Å². The molecular weight excluding hydrogens is 721 g/mol. The lowest BCUT2D eigenvalue weighted by molar-refractivity contribution is 0.261. The molecule has 4 N–H and O–H groups in total. The minimum absolute atomic E-state index is 0.0602. The fourth-order valence-corrected chi connectivity index (χ4v) is 11.3. The third kappa shape index (κ3) is 32.4. The highest BCUT2D eigenvalue weighted by atomic mass is 32.2. The highest BCUT2D eigenvalue weighted by Crippen LogP contribution is 2.17. The summed E-state index contributed by atoms with van der Waals surface area (Å²) in [5.41, 5.74) is 2.86. The van der Waals surface area contributed by atoms with E-state index in [1.54, 1.807) is 23.5 Å². The molecule has 0 aliphatic heterocycles. The molecule has 0 radical (unpaired) electrons. The SMILES string of the molecule is O=C(NCSC/N=C\S(=O)CSCSCO)SCCSCCS(=O)/C=N\CSCNC(=O)SCSCSCO. The number of hydrogen-bond acceptors (Lipinski definition) is 17. The maximum atomic E-state index is 12.0. The van der Waals surface area contributed by atoms with Crippen molar-refractivity contribution in [3.63, 3.8) is 0 Å². The molecule has 2 unspecified atom stereocenters. The molecule has 10 nitrogen and oxygen atoms in total. The molecule has 0 aromatic heterocycles. The van der Waals surface area contributed by atoms with Gasteiger partial charge in [0.25, 0.3) is 10.5 Å². The molecule has 0 aliphatic carbocycles. The summed E-state index contributed by atoms with van der Waals surface area (Å²) in [6, 6.07) is 0. The smallest absolute Gasteiger partial charge is 0.280 e. The molecule has 0 rings (SSSR count). The first-order valence-electron chi connectivity index (χ1n) is 10.8. The fourth-order valence-electron chi connectivity index (χ4n) is 1.70. The van der Waals surface area contributed by atoms with Gasteiger partial charge in [0.1, 0.15) is 0 Å². The Hall–Kier alpha value is 1.65. The molecule has 0 saturated carbocycles. The van der Waals surface area contributed by atoms with Crippen molar-refractivity contribution >= 4 is 149 Å². The van der Waals surface area contributed by atoms with Gasteiger partial charge in [-0.1, -0.05) is 23.5 Å². The van der Waals surface area contributed by atoms with Crippen molar-refractivity contribution in [3.8, 4) is 0 Å². The lowest BCUT2D eigenvalue weighted by atomic mass is 10.9. The van der Waals surface area contributed by atoms with Crippen LogP contribution in [0.1, 0.15) is 0 Å². The molecule has 2 amide bonds. The van der Waals surface area contributed by atoms with Crippen LogP contribution >= 0.6 is 106 Å². The zero-order valence-electron chi connectivity index (χ0n) is 21.0. The highest BCUT2D eigenvalue weighted by molar-refractivity contribution is 8.27. The van der Waals surface area contributed by atoms with Crippen LogP contribution in [0.25, 0.3) is 0 Å². The predicted molar refractivity (Wildman–Crippen MR) is 191 cm³/mol. The average molecular weight is 755 g/mol. The zero-order valence-corrected chi connectivity index (χ0v) is 29.9. The van der Waals surface area contributed by atoms with Crippen molar-refractivity contribution in [3.05, 3.63) is 0 Å². The first-order valence-corrected chi connectivity index (χ1v) is 23.6. The minimum Gasteiger partial charge on any atom is -0.386 e. The van der Waals surface area contributed by atoms with Crippen LogP contribution in [0.2, 0.25) is 0 Å². The number of aliphatic hydroxyl groups excluding tert-OH is 2. The van der Waals surface area contributed by atoms with Crippen molar-refractivity contribution in [1.29, 1.82) is 0 Å². The number of amides is 2. The van der Waals surface area contributed by atoms with Crippen LogP contribution in [-0.2, 0) is 21.6 Å². The molecule has 0 aromatic rings. The molecule has 0 aliphatic rings. The van der Waals surface area contributed by atoms with Gasteiger partial charge in [-0.3, -0.25) is 28.0 Å². The molecule has 0 saturated heterocycles. The van der Waals surface area contributed by atoms with Crippen LogP contribution in [0.15, 0.2) is 9.98 Å². The van der Waals surface area contributed by atoms with Gasteiger partial charge >= 0.3 is 0 Å². The Balaban J connectivity index is 3.53. The maximum absolute atomic E-state index is 12.0. The second kappa shape index (κ2) is 32.6. The molecule has 0 spiro atoms. The van der Waals surface area contributed by atoms with Crippen LogP contribution < -0.4 is 10.6 Å². The summed E-state index contributed by atoms with van der Waals surface area (Å²) < 4.78 is 23.6. The number of carbonyl (C=O) groups excluding carboxylic acids is 2. The van der Waals surface area contributed by atoms with Crippen LogP contribution in [-0.4, -0.2) is 119 Å². The molecule has 0 aromatic carbocycles. The van der Waals surface area contributed by atoms with E-state index >= 15 is 0 Å². The molecule has 39 heavy (non-hydrogen) atoms. The second-order valence-electron chi connectivity index (χ2n) is 6.08. The third-order valence-electron chi connectivity index (χ3n) is 3.23. The number of nitrogens with zero attached hydrogens (tertiary/aromatic N) is 2. The summed E-state index contributed by atoms with van der Waals surface area (Å²) in [6.07, 6.45) is 0. The summed E-state index contributed by atoms with van der Waals surface area (Å²) in [5.74, 6) is 4.50. The number of carbonyl (C=O) groups is 2. The quantitative estimate of drug-likeness (QED) is 0.0433. The lowest BCUT2D eigenvalue weighted by Crippen LogP contribution is -2.18. The van der Waals surface area contributed by atoms with Gasteiger partial charge in [0, 0.05) is 38.3 Å². The summed E-state index contributed by atoms with van der Waals surface area (Å²) >= 11 is 12.7. The highest BCUT2D eigenvalue weighted by Gasteiger charge is 2.03. The Morgan fingerprint density at radius 3 is 1.90 bits per heavy atom. The molecule has 0 fully saturated rings. The molecular formula is C18H34N4O6S11.